The summed E-state index contributed by atoms with van der Waals surface area (Å²) < 4.78 is 1.25. The van der Waals surface area contributed by atoms with E-state index >= 15 is 0 Å². The Morgan fingerprint density at radius 2 is 1.41 bits per heavy atom. The molecular formula is C24H18N8OS. The number of rotatable bonds is 4. The van der Waals surface area contributed by atoms with Gasteiger partial charge in [0.2, 0.25) is 5.65 Å². The predicted octanol–water partition coefficient (Wildman–Crippen LogP) is 3.48. The lowest BCUT2D eigenvalue weighted by Crippen LogP contribution is -2.44. The molecule has 2 heterocycles. The normalized spacial score (nSPS) is 10.6. The molecule has 5 aromatic rings. The number of hydrogen-bond donors (Lipinski definition) is 3. The second-order valence-corrected chi connectivity index (χ2v) is 7.63. The molecule has 0 saturated heterocycles. The first-order valence-corrected chi connectivity index (χ1v) is 10.8. The summed E-state index contributed by atoms with van der Waals surface area (Å²) in [5.41, 5.74) is 9.48. The molecule has 0 radical (unpaired) electrons. The van der Waals surface area contributed by atoms with E-state index in [2.05, 4.69) is 36.8 Å². The SMILES string of the molecule is O=C(NNC(=S)Nc1ccccc1)c1c(-c2ccccc2)c(-c2ccccc2)nn2nnnc12. The van der Waals surface area contributed by atoms with Gasteiger partial charge in [-0.1, -0.05) is 78.9 Å². The Bertz CT molecular complexity index is 1460. The molecule has 34 heavy (non-hydrogen) atoms. The van der Waals surface area contributed by atoms with Crippen LogP contribution >= 0.6 is 12.2 Å². The number of fused-ring (bicyclic) bond motifs is 1. The van der Waals surface area contributed by atoms with E-state index in [0.717, 1.165) is 16.8 Å². The summed E-state index contributed by atoms with van der Waals surface area (Å²) in [7, 11) is 0. The highest BCUT2D eigenvalue weighted by Gasteiger charge is 2.25. The predicted molar refractivity (Wildman–Crippen MR) is 133 cm³/mol. The van der Waals surface area contributed by atoms with Gasteiger partial charge in [-0.3, -0.25) is 15.6 Å². The average molecular weight is 467 g/mol. The van der Waals surface area contributed by atoms with Crippen LogP contribution in [-0.2, 0) is 0 Å². The molecule has 0 fully saturated rings. The fourth-order valence-corrected chi connectivity index (χ4v) is 3.70. The van der Waals surface area contributed by atoms with Gasteiger partial charge >= 0.3 is 0 Å². The van der Waals surface area contributed by atoms with E-state index < -0.39 is 5.91 Å². The van der Waals surface area contributed by atoms with Crippen LogP contribution in [0.1, 0.15) is 10.4 Å². The van der Waals surface area contributed by atoms with Crippen molar-refractivity contribution in [1.82, 2.24) is 36.1 Å². The topological polar surface area (TPSA) is 109 Å². The first kappa shape index (κ1) is 21.2. The number of thiocarbonyl (C=S) groups is 1. The van der Waals surface area contributed by atoms with Crippen molar-refractivity contribution in [2.75, 3.05) is 5.32 Å². The maximum Gasteiger partial charge on any atom is 0.274 e. The molecule has 0 atom stereocenters. The molecule has 5 rings (SSSR count). The Labute approximate surface area is 199 Å². The highest BCUT2D eigenvalue weighted by molar-refractivity contribution is 7.80. The Hall–Kier alpha value is -4.70. The lowest BCUT2D eigenvalue weighted by molar-refractivity contribution is 0.0945. The highest BCUT2D eigenvalue weighted by Crippen LogP contribution is 2.34. The number of tetrazole rings is 1. The third-order valence-electron chi connectivity index (χ3n) is 5.02. The fourth-order valence-electron chi connectivity index (χ4n) is 3.53. The summed E-state index contributed by atoms with van der Waals surface area (Å²) in [6.07, 6.45) is 0. The third-order valence-corrected chi connectivity index (χ3v) is 5.22. The lowest BCUT2D eigenvalue weighted by atomic mass is 9.95. The van der Waals surface area contributed by atoms with Crippen LogP contribution in [0.5, 0.6) is 0 Å². The molecule has 0 aliphatic carbocycles. The number of nitrogens with zero attached hydrogens (tertiary/aromatic N) is 5. The van der Waals surface area contributed by atoms with Crippen LogP contribution in [0, 0.1) is 0 Å². The summed E-state index contributed by atoms with van der Waals surface area (Å²) >= 11 is 5.32. The molecule has 3 aromatic carbocycles. The zero-order valence-corrected chi connectivity index (χ0v) is 18.5. The number of benzene rings is 3. The van der Waals surface area contributed by atoms with Gasteiger partial charge in [0.05, 0.1) is 5.56 Å². The summed E-state index contributed by atoms with van der Waals surface area (Å²) in [6, 6.07) is 28.5. The van der Waals surface area contributed by atoms with Gasteiger partial charge in [0.25, 0.3) is 5.91 Å². The summed E-state index contributed by atoms with van der Waals surface area (Å²) in [6.45, 7) is 0. The molecule has 10 heteroatoms. The van der Waals surface area contributed by atoms with Crippen molar-refractivity contribution in [2.24, 2.45) is 0 Å². The van der Waals surface area contributed by atoms with Gasteiger partial charge in [-0.05, 0) is 40.3 Å². The van der Waals surface area contributed by atoms with E-state index in [4.69, 9.17) is 12.2 Å². The molecule has 0 bridgehead atoms. The second kappa shape index (κ2) is 9.43. The molecular weight excluding hydrogens is 448 g/mol. The first-order valence-electron chi connectivity index (χ1n) is 10.4. The minimum Gasteiger partial charge on any atom is -0.331 e. The van der Waals surface area contributed by atoms with Crippen molar-refractivity contribution in [2.45, 2.75) is 0 Å². The van der Waals surface area contributed by atoms with E-state index in [0.29, 0.717) is 11.3 Å². The smallest absolute Gasteiger partial charge is 0.274 e. The number of para-hydroxylation sites is 1. The van der Waals surface area contributed by atoms with Crippen LogP contribution in [0.25, 0.3) is 28.0 Å². The van der Waals surface area contributed by atoms with Crippen LogP contribution in [0.2, 0.25) is 0 Å². The minimum absolute atomic E-state index is 0.222. The molecule has 2 aromatic heterocycles. The monoisotopic (exact) mass is 466 g/mol. The number of carbonyl (C=O) groups excluding carboxylic acids is 1. The van der Waals surface area contributed by atoms with Crippen molar-refractivity contribution < 1.29 is 4.79 Å². The molecule has 0 spiro atoms. The first-order chi connectivity index (χ1) is 16.7. The average Bonchev–Trinajstić information content (AvgIpc) is 3.36. The maximum absolute atomic E-state index is 13.5. The Morgan fingerprint density at radius 1 is 0.794 bits per heavy atom. The van der Waals surface area contributed by atoms with E-state index in [-0.39, 0.29) is 16.3 Å². The zero-order chi connectivity index (χ0) is 23.3. The van der Waals surface area contributed by atoms with Crippen LogP contribution in [0.4, 0.5) is 5.69 Å². The number of carbonyl (C=O) groups is 1. The Balaban J connectivity index is 1.56. The van der Waals surface area contributed by atoms with Crippen molar-refractivity contribution in [3.8, 4) is 22.4 Å². The summed E-state index contributed by atoms with van der Waals surface area (Å²) in [5.74, 6) is -0.463. The van der Waals surface area contributed by atoms with Gasteiger partial charge in [-0.2, -0.15) is 0 Å². The molecule has 3 N–H and O–H groups in total. The largest absolute Gasteiger partial charge is 0.331 e. The molecule has 0 aliphatic rings. The lowest BCUT2D eigenvalue weighted by Gasteiger charge is -2.16. The Kier molecular flexibility index (Phi) is 5.87. The van der Waals surface area contributed by atoms with Crippen molar-refractivity contribution in [1.29, 1.82) is 0 Å². The van der Waals surface area contributed by atoms with Gasteiger partial charge < -0.3 is 5.32 Å². The van der Waals surface area contributed by atoms with E-state index in [1.807, 2.05) is 91.0 Å². The number of hydrogen-bond acceptors (Lipinski definition) is 6. The molecule has 166 valence electrons. The number of amides is 1. The zero-order valence-electron chi connectivity index (χ0n) is 17.7. The van der Waals surface area contributed by atoms with Crippen LogP contribution in [0.3, 0.4) is 0 Å². The summed E-state index contributed by atoms with van der Waals surface area (Å²) in [4.78, 5) is 13.5. The third kappa shape index (κ3) is 4.30. The molecule has 1 amide bonds. The van der Waals surface area contributed by atoms with Crippen molar-refractivity contribution >= 4 is 34.6 Å². The standard InChI is InChI=1S/C24H18N8OS/c33-23(27-28-24(34)25-18-14-8-3-9-15-18)20-19(16-10-4-1-5-11-16)21(17-12-6-2-7-13-17)29-32-22(20)26-30-31-32/h1-15H,(H,27,33)(H2,25,28,34). The highest BCUT2D eigenvalue weighted by atomic mass is 32.1. The van der Waals surface area contributed by atoms with Crippen molar-refractivity contribution in [3.63, 3.8) is 0 Å². The molecule has 0 unspecified atom stereocenters. The van der Waals surface area contributed by atoms with Gasteiger partial charge in [0, 0.05) is 16.8 Å². The second-order valence-electron chi connectivity index (χ2n) is 7.22. The summed E-state index contributed by atoms with van der Waals surface area (Å²) in [5, 5.41) is 19.6. The van der Waals surface area contributed by atoms with Gasteiger partial charge in [-0.15, -0.1) is 14.8 Å². The molecule has 0 aliphatic heterocycles. The number of hydrazine groups is 1. The fraction of sp³-hybridized carbons (Fsp3) is 0. The van der Waals surface area contributed by atoms with Gasteiger partial charge in [0.1, 0.15) is 5.69 Å². The quantitative estimate of drug-likeness (QED) is 0.273. The van der Waals surface area contributed by atoms with Crippen LogP contribution in [0.15, 0.2) is 91.0 Å². The van der Waals surface area contributed by atoms with E-state index in [9.17, 15) is 4.79 Å². The minimum atomic E-state index is -0.463. The van der Waals surface area contributed by atoms with Crippen LogP contribution in [-0.4, -0.2) is 36.3 Å². The molecule has 0 saturated carbocycles. The maximum atomic E-state index is 13.5. The number of nitrogens with one attached hydrogen (secondary N) is 3. The van der Waals surface area contributed by atoms with E-state index in [1.165, 1.54) is 4.63 Å². The van der Waals surface area contributed by atoms with Gasteiger partial charge in [0.15, 0.2) is 5.11 Å². The van der Waals surface area contributed by atoms with Gasteiger partial charge in [-0.25, -0.2) is 0 Å². The number of anilines is 1. The van der Waals surface area contributed by atoms with E-state index in [1.54, 1.807) is 0 Å². The van der Waals surface area contributed by atoms with Crippen molar-refractivity contribution in [3.05, 3.63) is 96.6 Å². The molecule has 9 nitrogen and oxygen atoms in total. The number of aromatic nitrogens is 5. The van der Waals surface area contributed by atoms with Crippen LogP contribution < -0.4 is 16.2 Å². The Morgan fingerprint density at radius 3 is 2.09 bits per heavy atom.